The maximum atomic E-state index is 11.5. The summed E-state index contributed by atoms with van der Waals surface area (Å²) in [6.07, 6.45) is 1.91. The molecule has 1 aliphatic rings. The predicted molar refractivity (Wildman–Crippen MR) is 62.9 cm³/mol. The molecule has 0 aliphatic heterocycles. The Morgan fingerprint density at radius 3 is 2.94 bits per heavy atom. The molecule has 92 valence electrons. The SMILES string of the molecule is NC(CC(=O)O)C(=O)Nc1nc(C2CC2)cs1. The minimum absolute atomic E-state index is 0.382. The van der Waals surface area contributed by atoms with Crippen molar-refractivity contribution in [2.75, 3.05) is 5.32 Å². The van der Waals surface area contributed by atoms with Gasteiger partial charge in [-0.25, -0.2) is 4.98 Å². The Hall–Kier alpha value is -1.47. The number of thiazole rings is 1. The lowest BCUT2D eigenvalue weighted by atomic mass is 10.2. The van der Waals surface area contributed by atoms with Crippen molar-refractivity contribution in [3.8, 4) is 0 Å². The number of nitrogens with two attached hydrogens (primary N) is 1. The van der Waals surface area contributed by atoms with Gasteiger partial charge in [-0.15, -0.1) is 11.3 Å². The molecule has 6 nitrogen and oxygen atoms in total. The van der Waals surface area contributed by atoms with Crippen molar-refractivity contribution >= 4 is 28.3 Å². The standard InChI is InChI=1S/C10H13N3O3S/c11-6(3-8(14)15)9(16)13-10-12-7(4-17-10)5-1-2-5/h4-6H,1-3,11H2,(H,14,15)(H,12,13,16). The van der Waals surface area contributed by atoms with E-state index in [2.05, 4.69) is 10.3 Å². The summed E-state index contributed by atoms with van der Waals surface area (Å²) in [5, 5.41) is 13.4. The van der Waals surface area contributed by atoms with Gasteiger partial charge >= 0.3 is 5.97 Å². The second kappa shape index (κ2) is 4.80. The molecule has 7 heteroatoms. The van der Waals surface area contributed by atoms with Crippen LogP contribution in [0.2, 0.25) is 0 Å². The van der Waals surface area contributed by atoms with Crippen molar-refractivity contribution in [3.63, 3.8) is 0 Å². The number of nitrogens with one attached hydrogen (secondary N) is 1. The molecule has 2 rings (SSSR count). The van der Waals surface area contributed by atoms with Gasteiger partial charge in [0.2, 0.25) is 5.91 Å². The minimum Gasteiger partial charge on any atom is -0.481 e. The Labute approximate surface area is 102 Å². The van der Waals surface area contributed by atoms with Gasteiger partial charge in [0.15, 0.2) is 5.13 Å². The lowest BCUT2D eigenvalue weighted by molar-refractivity contribution is -0.138. The highest BCUT2D eigenvalue weighted by Gasteiger charge is 2.26. The van der Waals surface area contributed by atoms with Crippen molar-refractivity contribution in [2.24, 2.45) is 5.73 Å². The van der Waals surface area contributed by atoms with Crippen LogP contribution in [0.4, 0.5) is 5.13 Å². The third-order valence-corrected chi connectivity index (χ3v) is 3.25. The molecule has 1 fully saturated rings. The van der Waals surface area contributed by atoms with Gasteiger partial charge in [0.25, 0.3) is 0 Å². The molecule has 0 saturated heterocycles. The fourth-order valence-electron chi connectivity index (χ4n) is 1.39. The number of carbonyl (C=O) groups is 2. The van der Waals surface area contributed by atoms with Crippen molar-refractivity contribution in [1.82, 2.24) is 4.98 Å². The highest BCUT2D eigenvalue weighted by molar-refractivity contribution is 7.13. The molecule has 4 N–H and O–H groups in total. The molecule has 17 heavy (non-hydrogen) atoms. The van der Waals surface area contributed by atoms with E-state index in [1.807, 2.05) is 5.38 Å². The van der Waals surface area contributed by atoms with Crippen LogP contribution in [0, 0.1) is 0 Å². The molecule has 1 heterocycles. The smallest absolute Gasteiger partial charge is 0.305 e. The zero-order valence-corrected chi connectivity index (χ0v) is 9.87. The molecule has 1 amide bonds. The van der Waals surface area contributed by atoms with Crippen LogP contribution in [0.3, 0.4) is 0 Å². The fourth-order valence-corrected chi connectivity index (χ4v) is 2.18. The lowest BCUT2D eigenvalue weighted by Crippen LogP contribution is -2.37. The van der Waals surface area contributed by atoms with Gasteiger partial charge in [0.1, 0.15) is 0 Å². The first-order valence-corrected chi connectivity index (χ1v) is 6.18. The summed E-state index contributed by atoms with van der Waals surface area (Å²) in [5.74, 6) is -1.07. The third kappa shape index (κ3) is 3.24. The molecular formula is C10H13N3O3S. The zero-order chi connectivity index (χ0) is 12.4. The number of hydrogen-bond donors (Lipinski definition) is 3. The highest BCUT2D eigenvalue weighted by atomic mass is 32.1. The van der Waals surface area contributed by atoms with Crippen LogP contribution < -0.4 is 11.1 Å². The Kier molecular flexibility index (Phi) is 3.39. The molecule has 1 aromatic heterocycles. The molecule has 1 saturated carbocycles. The van der Waals surface area contributed by atoms with Crippen LogP contribution in [-0.2, 0) is 9.59 Å². The van der Waals surface area contributed by atoms with Gasteiger partial charge < -0.3 is 16.2 Å². The average molecular weight is 255 g/mol. The van der Waals surface area contributed by atoms with Crippen LogP contribution in [0.5, 0.6) is 0 Å². The maximum absolute atomic E-state index is 11.5. The Balaban J connectivity index is 1.90. The number of anilines is 1. The number of aliphatic carboxylic acids is 1. The van der Waals surface area contributed by atoms with E-state index in [0.717, 1.165) is 18.5 Å². The second-order valence-electron chi connectivity index (χ2n) is 4.05. The predicted octanol–water partition coefficient (Wildman–Crippen LogP) is 0.761. The number of amides is 1. The van der Waals surface area contributed by atoms with Gasteiger partial charge in [0, 0.05) is 11.3 Å². The van der Waals surface area contributed by atoms with Crippen LogP contribution >= 0.6 is 11.3 Å². The molecule has 0 radical (unpaired) electrons. The number of hydrogen-bond acceptors (Lipinski definition) is 5. The summed E-state index contributed by atoms with van der Waals surface area (Å²) in [4.78, 5) is 26.2. The lowest BCUT2D eigenvalue weighted by Gasteiger charge is -2.07. The van der Waals surface area contributed by atoms with E-state index < -0.39 is 17.9 Å². The molecule has 1 aromatic rings. The highest BCUT2D eigenvalue weighted by Crippen LogP contribution is 2.40. The molecule has 0 aromatic carbocycles. The second-order valence-corrected chi connectivity index (χ2v) is 4.90. The average Bonchev–Trinajstić information content (AvgIpc) is 2.99. The number of carboxylic acids is 1. The number of carbonyl (C=O) groups excluding carboxylic acids is 1. The Morgan fingerprint density at radius 1 is 1.65 bits per heavy atom. The van der Waals surface area contributed by atoms with E-state index in [9.17, 15) is 9.59 Å². The van der Waals surface area contributed by atoms with Crippen LogP contribution in [0.25, 0.3) is 0 Å². The van der Waals surface area contributed by atoms with Gasteiger partial charge in [-0.3, -0.25) is 9.59 Å². The molecule has 1 aliphatic carbocycles. The van der Waals surface area contributed by atoms with Crippen molar-refractivity contribution in [2.45, 2.75) is 31.2 Å². The maximum Gasteiger partial charge on any atom is 0.305 e. The molecule has 0 spiro atoms. The zero-order valence-electron chi connectivity index (χ0n) is 9.05. The summed E-state index contributed by atoms with van der Waals surface area (Å²) in [6.45, 7) is 0. The van der Waals surface area contributed by atoms with Crippen molar-refractivity contribution in [3.05, 3.63) is 11.1 Å². The van der Waals surface area contributed by atoms with E-state index in [-0.39, 0.29) is 6.42 Å². The van der Waals surface area contributed by atoms with Crippen LogP contribution in [0.15, 0.2) is 5.38 Å². The summed E-state index contributed by atoms with van der Waals surface area (Å²) >= 11 is 1.34. The monoisotopic (exact) mass is 255 g/mol. The Morgan fingerprint density at radius 2 is 2.35 bits per heavy atom. The van der Waals surface area contributed by atoms with E-state index in [1.54, 1.807) is 0 Å². The molecule has 0 bridgehead atoms. The largest absolute Gasteiger partial charge is 0.481 e. The van der Waals surface area contributed by atoms with Crippen molar-refractivity contribution < 1.29 is 14.7 Å². The van der Waals surface area contributed by atoms with Gasteiger partial charge in [0.05, 0.1) is 18.2 Å². The molecular weight excluding hydrogens is 242 g/mol. The van der Waals surface area contributed by atoms with Gasteiger partial charge in [-0.1, -0.05) is 0 Å². The number of aromatic nitrogens is 1. The minimum atomic E-state index is -1.09. The number of carboxylic acid groups (broad SMARTS) is 1. The van der Waals surface area contributed by atoms with E-state index in [0.29, 0.717) is 11.0 Å². The topological polar surface area (TPSA) is 105 Å². The number of nitrogens with zero attached hydrogens (tertiary/aromatic N) is 1. The molecule has 1 unspecified atom stereocenters. The first-order valence-electron chi connectivity index (χ1n) is 5.30. The van der Waals surface area contributed by atoms with E-state index in [1.165, 1.54) is 11.3 Å². The fraction of sp³-hybridized carbons (Fsp3) is 0.500. The third-order valence-electron chi connectivity index (χ3n) is 2.48. The van der Waals surface area contributed by atoms with Gasteiger partial charge in [-0.05, 0) is 12.8 Å². The first kappa shape index (κ1) is 12.0. The molecule has 1 atom stereocenters. The van der Waals surface area contributed by atoms with Crippen LogP contribution in [-0.4, -0.2) is 28.0 Å². The van der Waals surface area contributed by atoms with Gasteiger partial charge in [-0.2, -0.15) is 0 Å². The van der Waals surface area contributed by atoms with E-state index in [4.69, 9.17) is 10.8 Å². The summed E-state index contributed by atoms with van der Waals surface area (Å²) in [6, 6.07) is -1.04. The normalized spacial score (nSPS) is 16.5. The summed E-state index contributed by atoms with van der Waals surface area (Å²) < 4.78 is 0. The van der Waals surface area contributed by atoms with E-state index >= 15 is 0 Å². The van der Waals surface area contributed by atoms with Crippen molar-refractivity contribution in [1.29, 1.82) is 0 Å². The quantitative estimate of drug-likeness (QED) is 0.720. The Bertz CT molecular complexity index is 442. The number of rotatable bonds is 5. The first-order chi connectivity index (χ1) is 8.06. The van der Waals surface area contributed by atoms with Crippen LogP contribution in [0.1, 0.15) is 30.9 Å². The summed E-state index contributed by atoms with van der Waals surface area (Å²) in [7, 11) is 0. The summed E-state index contributed by atoms with van der Waals surface area (Å²) in [5.41, 5.74) is 6.43.